The van der Waals surface area contributed by atoms with Crippen molar-refractivity contribution in [3.63, 3.8) is 0 Å². The zero-order chi connectivity index (χ0) is 65.4. The van der Waals surface area contributed by atoms with Crippen molar-refractivity contribution in [2.75, 3.05) is 39.6 Å². The zero-order valence-electron chi connectivity index (χ0n) is 57.3. The maximum Gasteiger partial charge on any atom is 0.472 e. The van der Waals surface area contributed by atoms with Gasteiger partial charge >= 0.3 is 39.5 Å². The average molecular weight is 1300 g/mol. The number of ether oxygens (including phenoxy) is 4. The minimum absolute atomic E-state index is 0.102. The van der Waals surface area contributed by atoms with Crippen molar-refractivity contribution in [3.05, 3.63) is 0 Å². The van der Waals surface area contributed by atoms with Gasteiger partial charge in [0.25, 0.3) is 0 Å². The molecule has 0 radical (unpaired) electrons. The first-order valence-electron chi connectivity index (χ1n) is 35.8. The van der Waals surface area contributed by atoms with Gasteiger partial charge in [-0.1, -0.05) is 287 Å². The van der Waals surface area contributed by atoms with Crippen LogP contribution in [0, 0.1) is 23.7 Å². The van der Waals surface area contributed by atoms with Crippen LogP contribution < -0.4 is 0 Å². The van der Waals surface area contributed by atoms with Gasteiger partial charge in [-0.05, 0) is 49.4 Å². The summed E-state index contributed by atoms with van der Waals surface area (Å²) in [6, 6.07) is 0. The largest absolute Gasteiger partial charge is 0.472 e. The first-order chi connectivity index (χ1) is 42.2. The molecule has 0 aromatic carbocycles. The molecule has 0 aliphatic rings. The van der Waals surface area contributed by atoms with E-state index in [0.717, 1.165) is 120 Å². The number of carbonyl (C=O) groups is 4. The third-order valence-corrected chi connectivity index (χ3v) is 18.4. The molecule has 522 valence electrons. The van der Waals surface area contributed by atoms with Crippen molar-refractivity contribution < 1.29 is 80.2 Å². The van der Waals surface area contributed by atoms with Crippen LogP contribution in [0.15, 0.2) is 0 Å². The number of carbonyl (C=O) groups excluding carboxylic acids is 4. The maximum atomic E-state index is 13.0. The zero-order valence-corrected chi connectivity index (χ0v) is 59.1. The fraction of sp³-hybridized carbons (Fsp3) is 0.942. The van der Waals surface area contributed by atoms with Crippen LogP contribution in [0.25, 0.3) is 0 Å². The van der Waals surface area contributed by atoms with E-state index in [1.807, 2.05) is 0 Å². The standard InChI is InChI=1S/C69H134O17P2/c1-9-61(7)47-39-31-25-27-34-42-50-67(72)80-56-64(85-68(73)51-43-35-24-20-16-18-22-30-38-46-60(5)6)57-83-87(75,76)81-53-63(70)54-82-88(77,78)84-58-65(86-69(74)52-44-36-28-26-32-40-48-62(8)10-2)55-79-66(71)49-41-33-23-19-15-13-11-12-14-17-21-29-37-45-59(3)4/h59-65,70H,9-58H2,1-8H3,(H,75,76)(H,77,78)/t61?,62?,63-,64+,65+/m0/s1. The smallest absolute Gasteiger partial charge is 0.462 e. The minimum Gasteiger partial charge on any atom is -0.462 e. The highest BCUT2D eigenvalue weighted by Gasteiger charge is 2.30. The van der Waals surface area contributed by atoms with Crippen molar-refractivity contribution >= 4 is 39.5 Å². The fourth-order valence-corrected chi connectivity index (χ4v) is 11.8. The van der Waals surface area contributed by atoms with E-state index in [2.05, 4.69) is 55.4 Å². The van der Waals surface area contributed by atoms with E-state index < -0.39 is 97.5 Å². The van der Waals surface area contributed by atoms with Crippen molar-refractivity contribution in [1.29, 1.82) is 0 Å². The van der Waals surface area contributed by atoms with Crippen LogP contribution >= 0.6 is 15.6 Å². The molecule has 0 rings (SSSR count). The van der Waals surface area contributed by atoms with Crippen LogP contribution in [0.2, 0.25) is 0 Å². The monoisotopic (exact) mass is 1300 g/mol. The number of phosphoric ester groups is 2. The highest BCUT2D eigenvalue weighted by Crippen LogP contribution is 2.45. The van der Waals surface area contributed by atoms with Gasteiger partial charge in [0.05, 0.1) is 26.4 Å². The first kappa shape index (κ1) is 86.1. The molecule has 0 aromatic rings. The van der Waals surface area contributed by atoms with E-state index in [0.29, 0.717) is 25.7 Å². The third kappa shape index (κ3) is 60.3. The van der Waals surface area contributed by atoms with Crippen LogP contribution in [0.4, 0.5) is 0 Å². The van der Waals surface area contributed by atoms with Crippen molar-refractivity contribution in [2.45, 2.75) is 356 Å². The Morgan fingerprint density at radius 1 is 0.318 bits per heavy atom. The number of unbranched alkanes of at least 4 members (excludes halogenated alkanes) is 30. The predicted octanol–water partition coefficient (Wildman–Crippen LogP) is 19.3. The summed E-state index contributed by atoms with van der Waals surface area (Å²) in [5, 5.41) is 10.6. The molecule has 0 amide bonds. The molecule has 0 aromatic heterocycles. The molecule has 0 heterocycles. The SMILES string of the molecule is CCC(C)CCCCCCCCC(=O)OC[C@H](COP(=O)(O)OC[C@H](O)COP(=O)(O)OC[C@@H](COC(=O)CCCCCCCCCCCCCCCC(C)C)OC(=O)CCCCCCCCC(C)CC)OC(=O)CCCCCCCCCCCC(C)C. The van der Waals surface area contributed by atoms with Crippen molar-refractivity contribution in [3.8, 4) is 0 Å². The van der Waals surface area contributed by atoms with Crippen LogP contribution in [0.1, 0.15) is 338 Å². The molecule has 4 unspecified atom stereocenters. The van der Waals surface area contributed by atoms with E-state index in [-0.39, 0.29) is 25.7 Å². The lowest BCUT2D eigenvalue weighted by atomic mass is 10.00. The summed E-state index contributed by atoms with van der Waals surface area (Å²) in [5.41, 5.74) is 0. The maximum absolute atomic E-state index is 13.0. The Hall–Kier alpha value is -1.94. The molecular formula is C69H134O17P2. The van der Waals surface area contributed by atoms with Gasteiger partial charge in [0.15, 0.2) is 12.2 Å². The third-order valence-electron chi connectivity index (χ3n) is 16.5. The highest BCUT2D eigenvalue weighted by molar-refractivity contribution is 7.47. The number of hydrogen-bond donors (Lipinski definition) is 3. The lowest BCUT2D eigenvalue weighted by molar-refractivity contribution is -0.161. The molecule has 0 saturated heterocycles. The highest BCUT2D eigenvalue weighted by atomic mass is 31.2. The average Bonchev–Trinajstić information content (AvgIpc) is 3.54. The molecule has 0 spiro atoms. The van der Waals surface area contributed by atoms with Gasteiger partial charge in [-0.2, -0.15) is 0 Å². The van der Waals surface area contributed by atoms with E-state index >= 15 is 0 Å². The Morgan fingerprint density at radius 2 is 0.545 bits per heavy atom. The normalized spacial score (nSPS) is 14.9. The second-order valence-electron chi connectivity index (χ2n) is 26.4. The summed E-state index contributed by atoms with van der Waals surface area (Å²) in [6.45, 7) is 14.0. The summed E-state index contributed by atoms with van der Waals surface area (Å²) in [5.74, 6) is 0.844. The van der Waals surface area contributed by atoms with E-state index in [1.54, 1.807) is 0 Å². The Kier molecular flexibility index (Phi) is 57.6. The summed E-state index contributed by atoms with van der Waals surface area (Å²) in [4.78, 5) is 72.5. The number of rotatable bonds is 66. The van der Waals surface area contributed by atoms with Crippen molar-refractivity contribution in [2.24, 2.45) is 23.7 Å². The Labute approximate surface area is 537 Å². The molecule has 17 nitrogen and oxygen atoms in total. The van der Waals surface area contributed by atoms with Crippen LogP contribution in [-0.4, -0.2) is 96.7 Å². The quantitative estimate of drug-likeness (QED) is 0.0222. The Bertz CT molecular complexity index is 1750. The second kappa shape index (κ2) is 58.8. The van der Waals surface area contributed by atoms with Gasteiger partial charge in [-0.3, -0.25) is 37.3 Å². The minimum atomic E-state index is -4.95. The van der Waals surface area contributed by atoms with Gasteiger partial charge in [-0.25, -0.2) is 9.13 Å². The molecule has 0 aliphatic heterocycles. The Morgan fingerprint density at radius 3 is 0.807 bits per heavy atom. The lowest BCUT2D eigenvalue weighted by Crippen LogP contribution is -2.30. The molecule has 3 N–H and O–H groups in total. The second-order valence-corrected chi connectivity index (χ2v) is 29.3. The number of aliphatic hydroxyl groups excluding tert-OH is 1. The van der Waals surface area contributed by atoms with E-state index in [1.165, 1.54) is 135 Å². The lowest BCUT2D eigenvalue weighted by Gasteiger charge is -2.21. The van der Waals surface area contributed by atoms with Gasteiger partial charge in [0.1, 0.15) is 19.3 Å². The molecular weight excluding hydrogens is 1160 g/mol. The first-order valence-corrected chi connectivity index (χ1v) is 38.8. The molecule has 0 fully saturated rings. The summed E-state index contributed by atoms with van der Waals surface area (Å²) < 4.78 is 68.2. The summed E-state index contributed by atoms with van der Waals surface area (Å²) in [6.07, 6.45) is 40.4. The van der Waals surface area contributed by atoms with Crippen molar-refractivity contribution in [1.82, 2.24) is 0 Å². The van der Waals surface area contributed by atoms with Crippen LogP contribution in [0.3, 0.4) is 0 Å². The number of hydrogen-bond acceptors (Lipinski definition) is 15. The van der Waals surface area contributed by atoms with Gasteiger partial charge < -0.3 is 33.8 Å². The van der Waals surface area contributed by atoms with Gasteiger partial charge in [0.2, 0.25) is 0 Å². The van der Waals surface area contributed by atoms with E-state index in [4.69, 9.17) is 37.0 Å². The fourth-order valence-electron chi connectivity index (χ4n) is 10.2. The topological polar surface area (TPSA) is 237 Å². The number of phosphoric acid groups is 2. The van der Waals surface area contributed by atoms with Gasteiger partial charge in [0, 0.05) is 25.7 Å². The molecule has 88 heavy (non-hydrogen) atoms. The molecule has 0 bridgehead atoms. The van der Waals surface area contributed by atoms with E-state index in [9.17, 15) is 43.2 Å². The Balaban J connectivity index is 5.23. The molecule has 0 saturated carbocycles. The molecule has 0 aliphatic carbocycles. The predicted molar refractivity (Wildman–Crippen MR) is 354 cm³/mol. The summed E-state index contributed by atoms with van der Waals surface area (Å²) in [7, 11) is -9.90. The molecule has 19 heteroatoms. The summed E-state index contributed by atoms with van der Waals surface area (Å²) >= 11 is 0. The number of esters is 4. The van der Waals surface area contributed by atoms with Gasteiger partial charge in [-0.15, -0.1) is 0 Å². The van der Waals surface area contributed by atoms with Crippen LogP contribution in [0.5, 0.6) is 0 Å². The van der Waals surface area contributed by atoms with Crippen LogP contribution in [-0.2, 0) is 65.4 Å². The number of aliphatic hydroxyl groups is 1. The molecule has 7 atom stereocenters.